The van der Waals surface area contributed by atoms with Gasteiger partial charge in [0, 0.05) is 10.7 Å². The quantitative estimate of drug-likeness (QED) is 0.818. The summed E-state index contributed by atoms with van der Waals surface area (Å²) in [6.45, 7) is 4.13. The summed E-state index contributed by atoms with van der Waals surface area (Å²) in [4.78, 5) is 11.5. The lowest BCUT2D eigenvalue weighted by Crippen LogP contribution is -2.03. The van der Waals surface area contributed by atoms with E-state index in [0.29, 0.717) is 12.2 Å². The topological polar surface area (TPSA) is 44.1 Å². The van der Waals surface area contributed by atoms with Crippen LogP contribution in [0.2, 0.25) is 0 Å². The van der Waals surface area contributed by atoms with Crippen molar-refractivity contribution < 1.29 is 9.53 Å². The summed E-state index contributed by atoms with van der Waals surface area (Å²) in [7, 11) is 0. The van der Waals surface area contributed by atoms with Gasteiger partial charge in [0.05, 0.1) is 24.1 Å². The summed E-state index contributed by atoms with van der Waals surface area (Å²) in [6.07, 6.45) is 3.19. The maximum atomic E-state index is 11.5. The van der Waals surface area contributed by atoms with Gasteiger partial charge in [-0.05, 0) is 37.6 Å². The number of ether oxygens (including phenoxy) is 1. The van der Waals surface area contributed by atoms with Crippen molar-refractivity contribution in [2.24, 2.45) is 0 Å². The van der Waals surface area contributed by atoms with E-state index in [0.717, 1.165) is 15.7 Å². The molecule has 0 N–H and O–H groups in total. The molecule has 94 valence electrons. The Kier molecular flexibility index (Phi) is 3.81. The second kappa shape index (κ2) is 5.35. The summed E-state index contributed by atoms with van der Waals surface area (Å²) >= 11 is 3.41. The van der Waals surface area contributed by atoms with Crippen LogP contribution in [0.4, 0.5) is 0 Å². The van der Waals surface area contributed by atoms with Crippen LogP contribution in [-0.2, 0) is 4.74 Å². The molecule has 0 amide bonds. The molecule has 0 saturated carbocycles. The smallest absolute Gasteiger partial charge is 0.341 e. The van der Waals surface area contributed by atoms with Gasteiger partial charge in [0.25, 0.3) is 0 Å². The third-order valence-corrected chi connectivity index (χ3v) is 2.99. The van der Waals surface area contributed by atoms with Crippen molar-refractivity contribution in [2.45, 2.75) is 13.8 Å². The van der Waals surface area contributed by atoms with Gasteiger partial charge in [0.15, 0.2) is 0 Å². The van der Waals surface area contributed by atoms with E-state index in [1.54, 1.807) is 17.8 Å². The average molecular weight is 309 g/mol. The minimum absolute atomic E-state index is 0.349. The van der Waals surface area contributed by atoms with E-state index < -0.39 is 0 Å². The van der Waals surface area contributed by atoms with E-state index in [1.807, 2.05) is 25.1 Å². The second-order valence-electron chi connectivity index (χ2n) is 3.82. The molecule has 0 aliphatic rings. The van der Waals surface area contributed by atoms with Crippen molar-refractivity contribution in [3.8, 4) is 5.69 Å². The van der Waals surface area contributed by atoms with Gasteiger partial charge >= 0.3 is 5.97 Å². The van der Waals surface area contributed by atoms with E-state index in [9.17, 15) is 4.79 Å². The van der Waals surface area contributed by atoms with Gasteiger partial charge in [-0.25, -0.2) is 9.48 Å². The van der Waals surface area contributed by atoms with Gasteiger partial charge in [0.2, 0.25) is 0 Å². The van der Waals surface area contributed by atoms with Crippen LogP contribution < -0.4 is 0 Å². The Morgan fingerprint density at radius 1 is 1.50 bits per heavy atom. The van der Waals surface area contributed by atoms with Gasteiger partial charge in [-0.2, -0.15) is 5.10 Å². The van der Waals surface area contributed by atoms with E-state index in [2.05, 4.69) is 21.0 Å². The van der Waals surface area contributed by atoms with Gasteiger partial charge in [0.1, 0.15) is 0 Å². The molecule has 0 aliphatic heterocycles. The van der Waals surface area contributed by atoms with E-state index in [-0.39, 0.29) is 5.97 Å². The number of hydrogen-bond donors (Lipinski definition) is 0. The molecule has 2 rings (SSSR count). The van der Waals surface area contributed by atoms with Crippen molar-refractivity contribution >= 4 is 21.9 Å². The molecule has 0 atom stereocenters. The van der Waals surface area contributed by atoms with Crippen LogP contribution in [0, 0.1) is 6.92 Å². The zero-order valence-corrected chi connectivity index (χ0v) is 11.8. The lowest BCUT2D eigenvalue weighted by Gasteiger charge is -2.05. The molecule has 1 aromatic heterocycles. The predicted molar refractivity (Wildman–Crippen MR) is 72.0 cm³/mol. The highest BCUT2D eigenvalue weighted by molar-refractivity contribution is 9.10. The number of esters is 1. The molecular weight excluding hydrogens is 296 g/mol. The van der Waals surface area contributed by atoms with Crippen LogP contribution in [0.5, 0.6) is 0 Å². The molecule has 4 nitrogen and oxygen atoms in total. The minimum Gasteiger partial charge on any atom is -0.462 e. The van der Waals surface area contributed by atoms with Gasteiger partial charge in [-0.3, -0.25) is 0 Å². The number of halogens is 1. The average Bonchev–Trinajstić information content (AvgIpc) is 2.78. The SMILES string of the molecule is CCOC(=O)c1cnn(-c2ccc(Br)cc2C)c1. The largest absolute Gasteiger partial charge is 0.462 e. The van der Waals surface area contributed by atoms with E-state index in [4.69, 9.17) is 4.74 Å². The van der Waals surface area contributed by atoms with Crippen molar-refractivity contribution in [3.05, 3.63) is 46.2 Å². The standard InChI is InChI=1S/C13H13BrN2O2/c1-3-18-13(17)10-7-15-16(8-10)12-5-4-11(14)6-9(12)2/h4-8H,3H2,1-2H3. The number of carbonyl (C=O) groups is 1. The summed E-state index contributed by atoms with van der Waals surface area (Å²) in [6, 6.07) is 5.89. The zero-order valence-electron chi connectivity index (χ0n) is 10.2. The molecule has 18 heavy (non-hydrogen) atoms. The number of aryl methyl sites for hydroxylation is 1. The molecule has 1 heterocycles. The van der Waals surface area contributed by atoms with Gasteiger partial charge in [-0.15, -0.1) is 0 Å². The van der Waals surface area contributed by atoms with Gasteiger partial charge in [-0.1, -0.05) is 15.9 Å². The number of nitrogens with zero attached hydrogens (tertiary/aromatic N) is 2. The maximum absolute atomic E-state index is 11.5. The first kappa shape index (κ1) is 12.8. The normalized spacial score (nSPS) is 10.4. The van der Waals surface area contributed by atoms with E-state index in [1.165, 1.54) is 6.20 Å². The fourth-order valence-electron chi connectivity index (χ4n) is 1.65. The molecule has 0 spiro atoms. The first-order chi connectivity index (χ1) is 8.61. The van der Waals surface area contributed by atoms with Crippen LogP contribution in [0.3, 0.4) is 0 Å². The lowest BCUT2D eigenvalue weighted by molar-refractivity contribution is 0.0526. The molecule has 0 bridgehead atoms. The number of rotatable bonds is 3. The first-order valence-corrected chi connectivity index (χ1v) is 6.39. The third-order valence-electron chi connectivity index (χ3n) is 2.50. The number of carbonyl (C=O) groups excluding carboxylic acids is 1. The Hall–Kier alpha value is -1.62. The third kappa shape index (κ3) is 2.61. The molecule has 0 fully saturated rings. The lowest BCUT2D eigenvalue weighted by atomic mass is 10.2. The van der Waals surface area contributed by atoms with Crippen molar-refractivity contribution in [2.75, 3.05) is 6.61 Å². The molecule has 0 radical (unpaired) electrons. The predicted octanol–water partition coefficient (Wildman–Crippen LogP) is 3.12. The second-order valence-corrected chi connectivity index (χ2v) is 4.74. The van der Waals surface area contributed by atoms with Gasteiger partial charge < -0.3 is 4.74 Å². The zero-order chi connectivity index (χ0) is 13.1. The van der Waals surface area contributed by atoms with Crippen molar-refractivity contribution in [3.63, 3.8) is 0 Å². The molecule has 0 saturated heterocycles. The number of benzene rings is 1. The first-order valence-electron chi connectivity index (χ1n) is 5.60. The molecule has 0 aliphatic carbocycles. The Balaban J connectivity index is 2.32. The van der Waals surface area contributed by atoms with Crippen molar-refractivity contribution in [1.82, 2.24) is 9.78 Å². The monoisotopic (exact) mass is 308 g/mol. The molecule has 5 heteroatoms. The Morgan fingerprint density at radius 2 is 2.28 bits per heavy atom. The molecule has 1 aromatic carbocycles. The van der Waals surface area contributed by atoms with Crippen LogP contribution in [0.1, 0.15) is 22.8 Å². The van der Waals surface area contributed by atoms with Crippen LogP contribution in [-0.4, -0.2) is 22.4 Å². The van der Waals surface area contributed by atoms with Crippen LogP contribution >= 0.6 is 15.9 Å². The molecule has 0 unspecified atom stereocenters. The summed E-state index contributed by atoms with van der Waals surface area (Å²) in [5, 5.41) is 4.18. The van der Waals surface area contributed by atoms with Crippen LogP contribution in [0.25, 0.3) is 5.69 Å². The summed E-state index contributed by atoms with van der Waals surface area (Å²) < 4.78 is 7.62. The van der Waals surface area contributed by atoms with Crippen molar-refractivity contribution in [1.29, 1.82) is 0 Å². The minimum atomic E-state index is -0.349. The molecule has 2 aromatic rings. The maximum Gasteiger partial charge on any atom is 0.341 e. The summed E-state index contributed by atoms with van der Waals surface area (Å²) in [5.74, 6) is -0.349. The summed E-state index contributed by atoms with van der Waals surface area (Å²) in [5.41, 5.74) is 2.47. The Bertz CT molecular complexity index is 578. The highest BCUT2D eigenvalue weighted by Gasteiger charge is 2.11. The Morgan fingerprint density at radius 3 is 2.94 bits per heavy atom. The highest BCUT2D eigenvalue weighted by atomic mass is 79.9. The number of hydrogen-bond acceptors (Lipinski definition) is 3. The fourth-order valence-corrected chi connectivity index (χ4v) is 2.13. The van der Waals surface area contributed by atoms with E-state index >= 15 is 0 Å². The highest BCUT2D eigenvalue weighted by Crippen LogP contribution is 2.19. The Labute approximate surface area is 114 Å². The fraction of sp³-hybridized carbons (Fsp3) is 0.231. The molecular formula is C13H13BrN2O2. The van der Waals surface area contributed by atoms with Crippen LogP contribution in [0.15, 0.2) is 35.1 Å². The number of aromatic nitrogens is 2.